The number of para-hydroxylation sites is 1. The van der Waals surface area contributed by atoms with E-state index in [0.29, 0.717) is 0 Å². The molecule has 6 nitrogen and oxygen atoms in total. The first-order chi connectivity index (χ1) is 8.10. The fourth-order valence-electron chi connectivity index (χ4n) is 1.34. The molecule has 94 valence electrons. The first-order valence-corrected chi connectivity index (χ1v) is 5.13. The second-order valence-electron chi connectivity index (χ2n) is 3.54. The summed E-state index contributed by atoms with van der Waals surface area (Å²) in [6.07, 6.45) is 0.210. The molecule has 0 fully saturated rings. The summed E-state index contributed by atoms with van der Waals surface area (Å²) in [5, 5.41) is 38.8. The summed E-state index contributed by atoms with van der Waals surface area (Å²) < 4.78 is 0. The molecular formula is C11H15NO5. The Morgan fingerprint density at radius 2 is 2.00 bits per heavy atom. The van der Waals surface area contributed by atoms with Crippen LogP contribution in [0.15, 0.2) is 18.2 Å². The molecule has 1 amide bonds. The van der Waals surface area contributed by atoms with Crippen LogP contribution in [-0.4, -0.2) is 45.6 Å². The molecule has 1 aromatic carbocycles. The Kier molecular flexibility index (Phi) is 4.74. The zero-order chi connectivity index (χ0) is 12.8. The maximum Gasteiger partial charge on any atom is 0.255 e. The van der Waals surface area contributed by atoms with E-state index in [1.165, 1.54) is 18.2 Å². The predicted octanol–water partition coefficient (Wildman–Crippen LogP) is -0.429. The molecule has 0 saturated heterocycles. The zero-order valence-corrected chi connectivity index (χ0v) is 9.13. The monoisotopic (exact) mass is 241 g/mol. The second-order valence-corrected chi connectivity index (χ2v) is 3.54. The van der Waals surface area contributed by atoms with E-state index in [9.17, 15) is 15.0 Å². The van der Waals surface area contributed by atoms with Gasteiger partial charge in [-0.05, 0) is 18.6 Å². The molecule has 1 rings (SSSR count). The minimum Gasteiger partial charge on any atom is -0.504 e. The van der Waals surface area contributed by atoms with Gasteiger partial charge in [-0.25, -0.2) is 0 Å². The van der Waals surface area contributed by atoms with E-state index in [0.717, 1.165) is 0 Å². The van der Waals surface area contributed by atoms with Crippen molar-refractivity contribution in [2.45, 2.75) is 12.5 Å². The number of aromatic hydroxyl groups is 2. The Morgan fingerprint density at radius 1 is 1.29 bits per heavy atom. The predicted molar refractivity (Wildman–Crippen MR) is 59.8 cm³/mol. The Morgan fingerprint density at radius 3 is 2.59 bits per heavy atom. The van der Waals surface area contributed by atoms with Gasteiger partial charge in [0.05, 0.1) is 18.2 Å². The van der Waals surface area contributed by atoms with E-state index in [1.807, 2.05) is 0 Å². The Balaban J connectivity index is 2.79. The summed E-state index contributed by atoms with van der Waals surface area (Å²) in [5.41, 5.74) is -0.0820. The number of hydrogen-bond acceptors (Lipinski definition) is 5. The molecule has 5 N–H and O–H groups in total. The van der Waals surface area contributed by atoms with Gasteiger partial charge in [0.15, 0.2) is 11.5 Å². The largest absolute Gasteiger partial charge is 0.504 e. The van der Waals surface area contributed by atoms with Gasteiger partial charge >= 0.3 is 0 Å². The van der Waals surface area contributed by atoms with Gasteiger partial charge < -0.3 is 25.7 Å². The molecule has 0 saturated carbocycles. The first-order valence-electron chi connectivity index (χ1n) is 5.13. The molecular weight excluding hydrogens is 226 g/mol. The number of benzene rings is 1. The van der Waals surface area contributed by atoms with Crippen LogP contribution in [0.1, 0.15) is 16.8 Å². The molecule has 0 aromatic heterocycles. The third-order valence-corrected chi connectivity index (χ3v) is 2.29. The van der Waals surface area contributed by atoms with Crippen molar-refractivity contribution in [1.29, 1.82) is 0 Å². The highest BCUT2D eigenvalue weighted by Gasteiger charge is 2.17. The highest BCUT2D eigenvalue weighted by Crippen LogP contribution is 2.27. The summed E-state index contributed by atoms with van der Waals surface area (Å²) in [7, 11) is 0. The number of aliphatic hydroxyl groups is 2. The number of carbonyl (C=O) groups excluding carboxylic acids is 1. The highest BCUT2D eigenvalue weighted by atomic mass is 16.3. The lowest BCUT2D eigenvalue weighted by Crippen LogP contribution is -2.38. The molecule has 6 heteroatoms. The maximum atomic E-state index is 11.7. The molecule has 0 aliphatic carbocycles. The van der Waals surface area contributed by atoms with Gasteiger partial charge in [-0.3, -0.25) is 4.79 Å². The Bertz CT molecular complexity index is 393. The first kappa shape index (κ1) is 13.3. The summed E-state index contributed by atoms with van der Waals surface area (Å²) in [6, 6.07) is 3.43. The van der Waals surface area contributed by atoms with E-state index in [-0.39, 0.29) is 30.9 Å². The van der Waals surface area contributed by atoms with Crippen molar-refractivity contribution in [1.82, 2.24) is 5.32 Å². The molecule has 0 bridgehead atoms. The summed E-state index contributed by atoms with van der Waals surface area (Å²) in [5.74, 6) is -1.52. The van der Waals surface area contributed by atoms with Crippen LogP contribution in [0.25, 0.3) is 0 Å². The minimum absolute atomic E-state index is 0.0820. The van der Waals surface area contributed by atoms with Crippen LogP contribution in [0.4, 0.5) is 0 Å². The van der Waals surface area contributed by atoms with E-state index < -0.39 is 17.7 Å². The average Bonchev–Trinajstić information content (AvgIpc) is 2.31. The Hall–Kier alpha value is -1.79. The third-order valence-electron chi connectivity index (χ3n) is 2.29. The number of carbonyl (C=O) groups is 1. The summed E-state index contributed by atoms with van der Waals surface area (Å²) in [4.78, 5) is 11.7. The van der Waals surface area contributed by atoms with Crippen molar-refractivity contribution >= 4 is 5.91 Å². The lowest BCUT2D eigenvalue weighted by molar-refractivity contribution is 0.0901. The van der Waals surface area contributed by atoms with Crippen molar-refractivity contribution in [2.24, 2.45) is 0 Å². The van der Waals surface area contributed by atoms with E-state index in [1.54, 1.807) is 0 Å². The van der Waals surface area contributed by atoms with Crippen LogP contribution in [0.3, 0.4) is 0 Å². The average molecular weight is 241 g/mol. The van der Waals surface area contributed by atoms with Crippen molar-refractivity contribution in [3.8, 4) is 11.5 Å². The van der Waals surface area contributed by atoms with Crippen LogP contribution in [0.5, 0.6) is 11.5 Å². The van der Waals surface area contributed by atoms with Crippen LogP contribution in [0, 0.1) is 0 Å². The van der Waals surface area contributed by atoms with E-state index >= 15 is 0 Å². The normalized spacial score (nSPS) is 12.1. The highest BCUT2D eigenvalue weighted by molar-refractivity contribution is 5.97. The van der Waals surface area contributed by atoms with Crippen molar-refractivity contribution in [3.05, 3.63) is 23.8 Å². The number of aliphatic hydroxyl groups excluding tert-OH is 2. The number of phenols is 2. The number of nitrogens with one attached hydrogen (secondary N) is 1. The fraction of sp³-hybridized carbons (Fsp3) is 0.364. The van der Waals surface area contributed by atoms with Gasteiger partial charge in [-0.15, -0.1) is 0 Å². The van der Waals surface area contributed by atoms with Crippen molar-refractivity contribution < 1.29 is 25.2 Å². The van der Waals surface area contributed by atoms with Crippen LogP contribution >= 0.6 is 0 Å². The molecule has 1 aromatic rings. The van der Waals surface area contributed by atoms with Gasteiger partial charge in [0, 0.05) is 6.61 Å². The van der Waals surface area contributed by atoms with Crippen LogP contribution in [-0.2, 0) is 0 Å². The Labute approximate surface area is 98.1 Å². The molecule has 0 aliphatic heterocycles. The quantitative estimate of drug-likeness (QED) is 0.449. The van der Waals surface area contributed by atoms with Gasteiger partial charge in [0.2, 0.25) is 0 Å². The SMILES string of the molecule is O=C(NC(CO)CCO)c1cccc(O)c1O. The second kappa shape index (κ2) is 6.07. The summed E-state index contributed by atoms with van der Waals surface area (Å²) in [6.45, 7) is -0.483. The van der Waals surface area contributed by atoms with Crippen LogP contribution < -0.4 is 5.32 Å². The smallest absolute Gasteiger partial charge is 0.255 e. The molecule has 0 heterocycles. The third kappa shape index (κ3) is 3.33. The molecule has 1 unspecified atom stereocenters. The van der Waals surface area contributed by atoms with Crippen molar-refractivity contribution in [3.63, 3.8) is 0 Å². The number of rotatable bonds is 5. The van der Waals surface area contributed by atoms with Gasteiger partial charge in [-0.1, -0.05) is 6.07 Å². The van der Waals surface area contributed by atoms with E-state index in [4.69, 9.17) is 10.2 Å². The zero-order valence-electron chi connectivity index (χ0n) is 9.13. The lowest BCUT2D eigenvalue weighted by Gasteiger charge is -2.15. The fourth-order valence-corrected chi connectivity index (χ4v) is 1.34. The van der Waals surface area contributed by atoms with Gasteiger partial charge in [-0.2, -0.15) is 0 Å². The standard InChI is InChI=1S/C11H15NO5/c13-5-4-7(6-14)12-11(17)8-2-1-3-9(15)10(8)16/h1-3,7,13-16H,4-6H2,(H,12,17). The lowest BCUT2D eigenvalue weighted by atomic mass is 10.1. The number of phenolic OH excluding ortho intramolecular Hbond substituents is 2. The molecule has 0 radical (unpaired) electrons. The number of hydrogen-bond donors (Lipinski definition) is 5. The molecule has 1 atom stereocenters. The van der Waals surface area contributed by atoms with E-state index in [2.05, 4.69) is 5.32 Å². The molecule has 17 heavy (non-hydrogen) atoms. The van der Waals surface area contributed by atoms with Crippen LogP contribution in [0.2, 0.25) is 0 Å². The molecule has 0 spiro atoms. The van der Waals surface area contributed by atoms with Crippen molar-refractivity contribution in [2.75, 3.05) is 13.2 Å². The summed E-state index contributed by atoms with van der Waals surface area (Å²) >= 11 is 0. The topological polar surface area (TPSA) is 110 Å². The van der Waals surface area contributed by atoms with Gasteiger partial charge in [0.1, 0.15) is 0 Å². The van der Waals surface area contributed by atoms with Gasteiger partial charge in [0.25, 0.3) is 5.91 Å². The minimum atomic E-state index is -0.620. The number of amides is 1. The maximum absolute atomic E-state index is 11.7. The molecule has 0 aliphatic rings.